The minimum Gasteiger partial charge on any atom is -0.463 e. The number of alkyl halides is 9. The largest absolute Gasteiger partial charge is 0.463 e. The summed E-state index contributed by atoms with van der Waals surface area (Å²) >= 11 is 4.02. The zero-order valence-corrected chi connectivity index (χ0v) is 21.3. The zero-order chi connectivity index (χ0) is 28.7. The van der Waals surface area contributed by atoms with Crippen LogP contribution in [-0.4, -0.2) is 43.8 Å². The molecular formula is C24H21ClF8O4S. The van der Waals surface area contributed by atoms with Crippen molar-refractivity contribution < 1.29 is 53.0 Å². The van der Waals surface area contributed by atoms with Crippen LogP contribution in [0.25, 0.3) is 5.76 Å². The molecule has 4 nitrogen and oxygen atoms in total. The van der Waals surface area contributed by atoms with Crippen molar-refractivity contribution in [2.24, 2.45) is 0 Å². The molecule has 0 aromatic heterocycles. The summed E-state index contributed by atoms with van der Waals surface area (Å²) in [6.07, 6.45) is -1.77. The van der Waals surface area contributed by atoms with Crippen molar-refractivity contribution in [1.82, 2.24) is 0 Å². The van der Waals surface area contributed by atoms with Gasteiger partial charge in [0.2, 0.25) is 6.29 Å². The summed E-state index contributed by atoms with van der Waals surface area (Å²) in [5.41, 5.74) is 0.491. The van der Waals surface area contributed by atoms with Crippen molar-refractivity contribution >= 4 is 27.2 Å². The van der Waals surface area contributed by atoms with Crippen LogP contribution in [0.3, 0.4) is 0 Å². The maximum absolute atomic E-state index is 15.1. The highest BCUT2D eigenvalue weighted by Crippen LogP contribution is 2.58. The fraction of sp³-hybridized carbons (Fsp3) is 0.417. The highest BCUT2D eigenvalue weighted by Gasteiger charge is 2.84. The lowest BCUT2D eigenvalue weighted by Crippen LogP contribution is -2.63. The standard InChI is InChI=1S/C24H21ClF8O4S/c1-3-36-18-13-17(15-11-9-14(2)10-12-15)20(19(37-18)16-7-5-4-6-8-16)38(34,35)24(32,33)22(28,29)21(26,27)23(25,30)31/h4-12,17-18H,3,13H2,1-2H3/t17-,18+/m1/s1. The fourth-order valence-electron chi connectivity index (χ4n) is 3.85. The Kier molecular flexibility index (Phi) is 8.18. The minimum atomic E-state index is -7.15. The molecule has 0 saturated carbocycles. The monoisotopic (exact) mass is 592 g/mol. The van der Waals surface area contributed by atoms with E-state index in [0.717, 1.165) is 0 Å². The van der Waals surface area contributed by atoms with Crippen LogP contribution >= 0.6 is 11.6 Å². The molecule has 0 radical (unpaired) electrons. The van der Waals surface area contributed by atoms with Gasteiger partial charge < -0.3 is 9.47 Å². The second-order valence-electron chi connectivity index (χ2n) is 8.43. The second kappa shape index (κ2) is 10.3. The molecule has 0 N–H and O–H groups in total. The Morgan fingerprint density at radius 3 is 1.97 bits per heavy atom. The lowest BCUT2D eigenvalue weighted by Gasteiger charge is -2.38. The SMILES string of the molecule is CCO[C@@H]1C[C@H](c2ccc(C)cc2)C(S(=O)(=O)C(F)(F)C(F)(F)C(F)(F)C(F)(F)Cl)=C(c2ccccc2)O1. The smallest absolute Gasteiger partial charge is 0.417 e. The minimum absolute atomic E-state index is 0.0146. The van der Waals surface area contributed by atoms with E-state index in [9.17, 15) is 34.8 Å². The highest BCUT2D eigenvalue weighted by molar-refractivity contribution is 7.96. The van der Waals surface area contributed by atoms with Gasteiger partial charge in [-0.1, -0.05) is 60.2 Å². The molecule has 1 aliphatic heterocycles. The number of allylic oxidation sites excluding steroid dienone is 1. The molecule has 0 spiro atoms. The van der Waals surface area contributed by atoms with Gasteiger partial charge in [-0.05, 0) is 31.0 Å². The molecule has 1 aliphatic rings. The molecule has 38 heavy (non-hydrogen) atoms. The van der Waals surface area contributed by atoms with Crippen LogP contribution in [-0.2, 0) is 19.3 Å². The van der Waals surface area contributed by atoms with E-state index in [1.54, 1.807) is 13.8 Å². The van der Waals surface area contributed by atoms with Gasteiger partial charge in [0, 0.05) is 24.5 Å². The molecule has 1 heterocycles. The first-order chi connectivity index (χ1) is 17.4. The Balaban J connectivity index is 2.37. The van der Waals surface area contributed by atoms with Crippen LogP contribution in [0.15, 0.2) is 59.5 Å². The molecular weight excluding hydrogens is 572 g/mol. The highest BCUT2D eigenvalue weighted by atomic mass is 35.5. The summed E-state index contributed by atoms with van der Waals surface area (Å²) in [6, 6.07) is 12.1. The van der Waals surface area contributed by atoms with Crippen LogP contribution < -0.4 is 0 Å². The average Bonchev–Trinajstić information content (AvgIpc) is 2.83. The summed E-state index contributed by atoms with van der Waals surface area (Å²) in [7, 11) is -6.86. The van der Waals surface area contributed by atoms with E-state index in [2.05, 4.69) is 11.6 Å². The summed E-state index contributed by atoms with van der Waals surface area (Å²) in [5.74, 6) is -16.7. The average molecular weight is 593 g/mol. The predicted octanol–water partition coefficient (Wildman–Crippen LogP) is 7.34. The van der Waals surface area contributed by atoms with Crippen LogP contribution in [0.5, 0.6) is 0 Å². The number of benzene rings is 2. The number of ether oxygens (including phenoxy) is 2. The van der Waals surface area contributed by atoms with Gasteiger partial charge in [0.25, 0.3) is 9.84 Å². The number of aryl methyl sites for hydroxylation is 1. The van der Waals surface area contributed by atoms with Crippen molar-refractivity contribution in [1.29, 1.82) is 0 Å². The number of hydrogen-bond acceptors (Lipinski definition) is 4. The van der Waals surface area contributed by atoms with Crippen molar-refractivity contribution in [3.05, 3.63) is 76.2 Å². The van der Waals surface area contributed by atoms with Crippen molar-refractivity contribution in [2.75, 3.05) is 6.61 Å². The first kappa shape index (κ1) is 30.2. The Morgan fingerprint density at radius 2 is 1.47 bits per heavy atom. The van der Waals surface area contributed by atoms with Crippen LogP contribution in [0, 0.1) is 6.92 Å². The van der Waals surface area contributed by atoms with E-state index < -0.39 is 61.6 Å². The maximum atomic E-state index is 15.1. The van der Waals surface area contributed by atoms with E-state index in [1.165, 1.54) is 54.6 Å². The molecule has 0 amide bonds. The van der Waals surface area contributed by atoms with E-state index in [1.807, 2.05) is 0 Å². The summed E-state index contributed by atoms with van der Waals surface area (Å²) in [4.78, 5) is -1.50. The Hall–Kier alpha value is -2.38. The summed E-state index contributed by atoms with van der Waals surface area (Å²) in [6.45, 7) is 3.22. The van der Waals surface area contributed by atoms with Crippen molar-refractivity contribution in [2.45, 2.75) is 55.0 Å². The zero-order valence-electron chi connectivity index (χ0n) is 19.7. The summed E-state index contributed by atoms with van der Waals surface area (Å²) < 4.78 is 151. The van der Waals surface area contributed by atoms with E-state index in [0.29, 0.717) is 5.56 Å². The van der Waals surface area contributed by atoms with Crippen LogP contribution in [0.1, 0.15) is 36.0 Å². The van der Waals surface area contributed by atoms with Gasteiger partial charge in [0.15, 0.2) is 0 Å². The summed E-state index contributed by atoms with van der Waals surface area (Å²) in [5, 5.41) is -13.0. The Bertz CT molecular complexity index is 1280. The third-order valence-electron chi connectivity index (χ3n) is 5.83. The molecule has 3 rings (SSSR count). The molecule has 2 atom stereocenters. The van der Waals surface area contributed by atoms with Gasteiger partial charge in [0.1, 0.15) is 10.7 Å². The molecule has 0 saturated heterocycles. The molecule has 0 bridgehead atoms. The fourth-order valence-corrected chi connectivity index (χ4v) is 5.72. The molecule has 0 aliphatic carbocycles. The second-order valence-corrected chi connectivity index (χ2v) is 10.9. The molecule has 14 heteroatoms. The third kappa shape index (κ3) is 5.00. The number of rotatable bonds is 9. The van der Waals surface area contributed by atoms with Gasteiger partial charge in [0.05, 0.1) is 0 Å². The number of halogens is 9. The first-order valence-corrected chi connectivity index (χ1v) is 12.9. The lowest BCUT2D eigenvalue weighted by molar-refractivity contribution is -0.326. The van der Waals surface area contributed by atoms with Gasteiger partial charge in [-0.2, -0.15) is 35.1 Å². The Labute approximate surface area is 218 Å². The van der Waals surface area contributed by atoms with Crippen LogP contribution in [0.2, 0.25) is 0 Å². The molecule has 0 unspecified atom stereocenters. The lowest BCUT2D eigenvalue weighted by atomic mass is 9.91. The number of sulfone groups is 1. The van der Waals surface area contributed by atoms with Gasteiger partial charge >= 0.3 is 22.5 Å². The molecule has 2 aromatic rings. The molecule has 0 fully saturated rings. The van der Waals surface area contributed by atoms with Gasteiger partial charge in [-0.25, -0.2) is 8.42 Å². The van der Waals surface area contributed by atoms with Crippen LogP contribution in [0.4, 0.5) is 35.1 Å². The Morgan fingerprint density at radius 1 is 0.921 bits per heavy atom. The van der Waals surface area contributed by atoms with Crippen molar-refractivity contribution in [3.63, 3.8) is 0 Å². The predicted molar refractivity (Wildman–Crippen MR) is 123 cm³/mol. The van der Waals surface area contributed by atoms with E-state index in [4.69, 9.17) is 9.47 Å². The number of hydrogen-bond donors (Lipinski definition) is 0. The molecule has 210 valence electrons. The van der Waals surface area contributed by atoms with E-state index >= 15 is 8.78 Å². The first-order valence-electron chi connectivity index (χ1n) is 11.0. The van der Waals surface area contributed by atoms with Crippen molar-refractivity contribution in [3.8, 4) is 0 Å². The third-order valence-corrected chi connectivity index (χ3v) is 8.05. The molecule has 2 aromatic carbocycles. The van der Waals surface area contributed by atoms with E-state index in [-0.39, 0.29) is 17.7 Å². The topological polar surface area (TPSA) is 52.6 Å². The maximum Gasteiger partial charge on any atom is 0.417 e. The quantitative estimate of drug-likeness (QED) is 0.226. The van der Waals surface area contributed by atoms with Gasteiger partial charge in [-0.15, -0.1) is 0 Å². The van der Waals surface area contributed by atoms with Gasteiger partial charge in [-0.3, -0.25) is 0 Å². The normalized spacial score (nSPS) is 19.9.